The molecule has 0 aliphatic carbocycles. The number of nitrogens with zero attached hydrogens (tertiary/aromatic N) is 1. The molecule has 0 spiro atoms. The van der Waals surface area contributed by atoms with Gasteiger partial charge in [0, 0.05) is 6.54 Å². The van der Waals surface area contributed by atoms with E-state index in [1.165, 1.54) is 44.3 Å². The molecule has 1 heterocycles. The van der Waals surface area contributed by atoms with Crippen molar-refractivity contribution in [1.29, 1.82) is 0 Å². The van der Waals surface area contributed by atoms with Crippen LogP contribution in [0.3, 0.4) is 0 Å². The van der Waals surface area contributed by atoms with E-state index in [4.69, 9.17) is 0 Å². The van der Waals surface area contributed by atoms with E-state index in [0.717, 1.165) is 12.5 Å². The van der Waals surface area contributed by atoms with Crippen LogP contribution in [0.15, 0.2) is 30.3 Å². The van der Waals surface area contributed by atoms with E-state index in [0.29, 0.717) is 0 Å². The van der Waals surface area contributed by atoms with Gasteiger partial charge in [0.1, 0.15) is 0 Å². The average Bonchev–Trinajstić information content (AvgIpc) is 2.33. The van der Waals surface area contributed by atoms with Crippen molar-refractivity contribution in [3.05, 3.63) is 35.9 Å². The van der Waals surface area contributed by atoms with Crippen LogP contribution in [0.1, 0.15) is 38.2 Å². The molecule has 1 aliphatic rings. The molecule has 16 heavy (non-hydrogen) atoms. The maximum Gasteiger partial charge on any atom is 0.0233 e. The summed E-state index contributed by atoms with van der Waals surface area (Å²) in [6, 6.07) is 10.8. The highest BCUT2D eigenvalue weighted by atomic mass is 15.1. The number of rotatable bonds is 4. The first-order valence-corrected chi connectivity index (χ1v) is 6.64. The van der Waals surface area contributed by atoms with Crippen molar-refractivity contribution in [1.82, 2.24) is 4.90 Å². The van der Waals surface area contributed by atoms with Crippen LogP contribution in [0, 0.1) is 5.92 Å². The van der Waals surface area contributed by atoms with Gasteiger partial charge < -0.3 is 0 Å². The molecule has 0 unspecified atom stereocenters. The van der Waals surface area contributed by atoms with Crippen molar-refractivity contribution in [2.75, 3.05) is 13.1 Å². The third-order valence-electron chi connectivity index (χ3n) is 3.65. The maximum atomic E-state index is 2.60. The summed E-state index contributed by atoms with van der Waals surface area (Å²) in [6.07, 6.45) is 5.59. The second-order valence-corrected chi connectivity index (χ2v) is 4.99. The van der Waals surface area contributed by atoms with E-state index < -0.39 is 0 Å². The van der Waals surface area contributed by atoms with Crippen molar-refractivity contribution in [3.63, 3.8) is 0 Å². The second-order valence-electron chi connectivity index (χ2n) is 4.99. The predicted molar refractivity (Wildman–Crippen MR) is 69.4 cm³/mol. The van der Waals surface area contributed by atoms with Gasteiger partial charge in [-0.05, 0) is 37.4 Å². The monoisotopic (exact) mass is 217 g/mol. The van der Waals surface area contributed by atoms with Gasteiger partial charge in [-0.2, -0.15) is 0 Å². The largest absolute Gasteiger partial charge is 0.299 e. The summed E-state index contributed by atoms with van der Waals surface area (Å²) in [7, 11) is 0. The Morgan fingerprint density at radius 2 is 1.81 bits per heavy atom. The minimum absolute atomic E-state index is 0.997. The Hall–Kier alpha value is -0.820. The van der Waals surface area contributed by atoms with E-state index in [1.54, 1.807) is 0 Å². The van der Waals surface area contributed by atoms with Gasteiger partial charge in [-0.3, -0.25) is 4.90 Å². The van der Waals surface area contributed by atoms with Gasteiger partial charge in [-0.1, -0.05) is 50.1 Å². The standard InChI is InChI=1S/C15H23N/c1-2-6-14-9-11-16(12-10-14)13-15-7-4-3-5-8-15/h3-5,7-8,14H,2,6,9-13H2,1H3. The second kappa shape index (κ2) is 6.05. The first kappa shape index (κ1) is 11.7. The molecule has 1 nitrogen and oxygen atoms in total. The topological polar surface area (TPSA) is 3.24 Å². The van der Waals surface area contributed by atoms with Crippen molar-refractivity contribution in [2.45, 2.75) is 39.2 Å². The van der Waals surface area contributed by atoms with Crippen LogP contribution in [0.5, 0.6) is 0 Å². The lowest BCUT2D eigenvalue weighted by atomic mass is 9.92. The van der Waals surface area contributed by atoms with Crippen LogP contribution in [0.25, 0.3) is 0 Å². The maximum absolute atomic E-state index is 2.60. The highest BCUT2D eigenvalue weighted by molar-refractivity contribution is 5.14. The minimum Gasteiger partial charge on any atom is -0.299 e. The lowest BCUT2D eigenvalue weighted by Crippen LogP contribution is -2.33. The molecule has 0 N–H and O–H groups in total. The fourth-order valence-corrected chi connectivity index (χ4v) is 2.68. The molecule has 0 atom stereocenters. The van der Waals surface area contributed by atoms with Gasteiger partial charge >= 0.3 is 0 Å². The molecule has 1 saturated heterocycles. The number of likely N-dealkylation sites (tertiary alicyclic amines) is 1. The quantitative estimate of drug-likeness (QED) is 0.743. The number of piperidine rings is 1. The molecular weight excluding hydrogens is 194 g/mol. The summed E-state index contributed by atoms with van der Waals surface area (Å²) in [5.74, 6) is 0.997. The van der Waals surface area contributed by atoms with Crippen LogP contribution in [0.4, 0.5) is 0 Å². The molecule has 1 heteroatoms. The van der Waals surface area contributed by atoms with Crippen LogP contribution in [-0.2, 0) is 6.54 Å². The number of benzene rings is 1. The summed E-state index contributed by atoms with van der Waals surface area (Å²) in [6.45, 7) is 6.02. The van der Waals surface area contributed by atoms with E-state index in [9.17, 15) is 0 Å². The van der Waals surface area contributed by atoms with E-state index in [-0.39, 0.29) is 0 Å². The summed E-state index contributed by atoms with van der Waals surface area (Å²) >= 11 is 0. The number of hydrogen-bond acceptors (Lipinski definition) is 1. The number of hydrogen-bond donors (Lipinski definition) is 0. The molecule has 2 rings (SSSR count). The van der Waals surface area contributed by atoms with E-state index in [2.05, 4.69) is 42.2 Å². The van der Waals surface area contributed by atoms with Gasteiger partial charge in [0.05, 0.1) is 0 Å². The predicted octanol–water partition coefficient (Wildman–Crippen LogP) is 3.70. The molecule has 0 saturated carbocycles. The zero-order valence-corrected chi connectivity index (χ0v) is 10.4. The summed E-state index contributed by atoms with van der Waals surface area (Å²) in [5.41, 5.74) is 1.46. The molecule has 0 amide bonds. The lowest BCUT2D eigenvalue weighted by molar-refractivity contribution is 0.172. The molecule has 0 aromatic heterocycles. The normalized spacial score (nSPS) is 18.8. The van der Waals surface area contributed by atoms with Crippen molar-refractivity contribution >= 4 is 0 Å². The van der Waals surface area contributed by atoms with Crippen molar-refractivity contribution in [2.24, 2.45) is 5.92 Å². The molecule has 1 aromatic carbocycles. The van der Waals surface area contributed by atoms with Gasteiger partial charge in [-0.15, -0.1) is 0 Å². The third kappa shape index (κ3) is 3.34. The molecule has 0 bridgehead atoms. The lowest BCUT2D eigenvalue weighted by Gasteiger charge is -2.31. The van der Waals surface area contributed by atoms with Crippen LogP contribution in [-0.4, -0.2) is 18.0 Å². The highest BCUT2D eigenvalue weighted by Gasteiger charge is 2.18. The average molecular weight is 217 g/mol. The summed E-state index contributed by atoms with van der Waals surface area (Å²) < 4.78 is 0. The molecule has 1 aromatic rings. The van der Waals surface area contributed by atoms with Crippen molar-refractivity contribution < 1.29 is 0 Å². The van der Waals surface area contributed by atoms with Gasteiger partial charge in [0.2, 0.25) is 0 Å². The Labute approximate surface area is 99.5 Å². The fourth-order valence-electron chi connectivity index (χ4n) is 2.68. The molecular formula is C15H23N. The minimum atomic E-state index is 0.997. The summed E-state index contributed by atoms with van der Waals surface area (Å²) in [5, 5.41) is 0. The third-order valence-corrected chi connectivity index (χ3v) is 3.65. The Kier molecular flexibility index (Phi) is 4.41. The zero-order valence-electron chi connectivity index (χ0n) is 10.4. The molecule has 88 valence electrons. The SMILES string of the molecule is CCCC1CCN(Cc2ccccc2)CC1. The summed E-state index contributed by atoms with van der Waals surface area (Å²) in [4.78, 5) is 2.60. The van der Waals surface area contributed by atoms with E-state index in [1.807, 2.05) is 0 Å². The van der Waals surface area contributed by atoms with Gasteiger partial charge in [0.25, 0.3) is 0 Å². The fraction of sp³-hybridized carbons (Fsp3) is 0.600. The Bertz CT molecular complexity index is 286. The first-order chi connectivity index (χ1) is 7.88. The van der Waals surface area contributed by atoms with Crippen LogP contribution in [0.2, 0.25) is 0 Å². The molecule has 0 radical (unpaired) electrons. The molecule has 1 fully saturated rings. The Balaban J connectivity index is 1.77. The smallest absolute Gasteiger partial charge is 0.0233 e. The highest BCUT2D eigenvalue weighted by Crippen LogP contribution is 2.22. The van der Waals surface area contributed by atoms with Gasteiger partial charge in [0.15, 0.2) is 0 Å². The van der Waals surface area contributed by atoms with Crippen LogP contribution < -0.4 is 0 Å². The Morgan fingerprint density at radius 1 is 1.12 bits per heavy atom. The first-order valence-electron chi connectivity index (χ1n) is 6.64. The molecule has 1 aliphatic heterocycles. The van der Waals surface area contributed by atoms with Crippen molar-refractivity contribution in [3.8, 4) is 0 Å². The Morgan fingerprint density at radius 3 is 2.44 bits per heavy atom. The van der Waals surface area contributed by atoms with E-state index >= 15 is 0 Å². The van der Waals surface area contributed by atoms with Crippen LogP contribution >= 0.6 is 0 Å². The van der Waals surface area contributed by atoms with Gasteiger partial charge in [-0.25, -0.2) is 0 Å². The zero-order chi connectivity index (χ0) is 11.2.